The molecule has 25 heavy (non-hydrogen) atoms. The van der Waals surface area contributed by atoms with Crippen LogP contribution in [0.1, 0.15) is 27.7 Å². The van der Waals surface area contributed by atoms with Crippen LogP contribution in [0, 0.1) is 5.82 Å². The van der Waals surface area contributed by atoms with E-state index in [0.717, 1.165) is 6.07 Å². The summed E-state index contributed by atoms with van der Waals surface area (Å²) >= 11 is 0. The number of halogens is 1. The third kappa shape index (κ3) is 4.77. The third-order valence-corrected chi connectivity index (χ3v) is 6.08. The van der Waals surface area contributed by atoms with Gasteiger partial charge in [0, 0.05) is 31.7 Å². The zero-order chi connectivity index (χ0) is 18.8. The predicted molar refractivity (Wildman–Crippen MR) is 94.1 cm³/mol. The zero-order valence-corrected chi connectivity index (χ0v) is 15.9. The molecular formula is C17H26FN3O3S. The molecule has 0 saturated carbocycles. The Morgan fingerprint density at radius 2 is 1.72 bits per heavy atom. The number of carbonyl (C=O) groups is 1. The first-order valence-corrected chi connectivity index (χ1v) is 9.77. The summed E-state index contributed by atoms with van der Waals surface area (Å²) in [6.45, 7) is 8.85. The summed E-state index contributed by atoms with van der Waals surface area (Å²) in [5.41, 5.74) is -0.318. The molecule has 140 valence electrons. The van der Waals surface area contributed by atoms with Gasteiger partial charge in [-0.3, -0.25) is 9.69 Å². The van der Waals surface area contributed by atoms with Gasteiger partial charge in [0.05, 0.1) is 6.04 Å². The van der Waals surface area contributed by atoms with Crippen LogP contribution in [-0.4, -0.2) is 61.3 Å². The number of hydrogen-bond donors (Lipinski definition) is 1. The second-order valence-corrected chi connectivity index (χ2v) is 9.19. The number of piperazine rings is 1. The van der Waals surface area contributed by atoms with Gasteiger partial charge in [0.2, 0.25) is 15.9 Å². The van der Waals surface area contributed by atoms with Crippen molar-refractivity contribution < 1.29 is 17.6 Å². The molecule has 1 atom stereocenters. The molecule has 0 bridgehead atoms. The number of benzene rings is 1. The summed E-state index contributed by atoms with van der Waals surface area (Å²) in [5.74, 6) is -0.833. The number of nitrogens with zero attached hydrogens (tertiary/aromatic N) is 2. The molecule has 2 rings (SSSR count). The predicted octanol–water partition coefficient (Wildman–Crippen LogP) is 1.44. The van der Waals surface area contributed by atoms with Crippen molar-refractivity contribution >= 4 is 15.9 Å². The highest BCUT2D eigenvalue weighted by Crippen LogP contribution is 2.21. The van der Waals surface area contributed by atoms with Crippen LogP contribution in [0.15, 0.2) is 29.2 Å². The SMILES string of the molecule is C[C@@H](C(=O)NC(C)(C)C)N1CCN(S(=O)(=O)c2ccccc2F)CC1. The second kappa shape index (κ2) is 7.39. The van der Waals surface area contributed by atoms with Crippen molar-refractivity contribution in [2.75, 3.05) is 26.2 Å². The minimum Gasteiger partial charge on any atom is -0.350 e. The molecule has 1 aliphatic rings. The van der Waals surface area contributed by atoms with Gasteiger partial charge < -0.3 is 5.32 Å². The molecule has 0 unspecified atom stereocenters. The zero-order valence-electron chi connectivity index (χ0n) is 15.1. The van der Waals surface area contributed by atoms with Crippen LogP contribution >= 0.6 is 0 Å². The van der Waals surface area contributed by atoms with Crippen molar-refractivity contribution in [2.45, 2.75) is 44.2 Å². The Labute approximate surface area is 149 Å². The van der Waals surface area contributed by atoms with Crippen LogP contribution in [-0.2, 0) is 14.8 Å². The van der Waals surface area contributed by atoms with Crippen molar-refractivity contribution in [3.8, 4) is 0 Å². The average molecular weight is 371 g/mol. The molecule has 8 heteroatoms. The lowest BCUT2D eigenvalue weighted by Crippen LogP contribution is -2.56. The van der Waals surface area contributed by atoms with Gasteiger partial charge in [-0.2, -0.15) is 4.31 Å². The highest BCUT2D eigenvalue weighted by molar-refractivity contribution is 7.89. The van der Waals surface area contributed by atoms with Crippen molar-refractivity contribution in [3.05, 3.63) is 30.1 Å². The molecule has 0 radical (unpaired) electrons. The maximum Gasteiger partial charge on any atom is 0.246 e. The Kier molecular flexibility index (Phi) is 5.86. The number of nitrogens with one attached hydrogen (secondary N) is 1. The number of carbonyl (C=O) groups excluding carboxylic acids is 1. The van der Waals surface area contributed by atoms with E-state index in [0.29, 0.717) is 13.1 Å². The molecule has 6 nitrogen and oxygen atoms in total. The third-order valence-electron chi connectivity index (χ3n) is 4.15. The summed E-state index contributed by atoms with van der Waals surface area (Å²) in [5, 5.41) is 2.93. The standard InChI is InChI=1S/C17H26FN3O3S/c1-13(16(22)19-17(2,3)4)20-9-11-21(12-10-20)25(23,24)15-8-6-5-7-14(15)18/h5-8,13H,9-12H2,1-4H3,(H,19,22)/t13-/m0/s1. The fourth-order valence-electron chi connectivity index (χ4n) is 2.76. The highest BCUT2D eigenvalue weighted by atomic mass is 32.2. The number of amides is 1. The van der Waals surface area contributed by atoms with E-state index in [1.165, 1.54) is 22.5 Å². The van der Waals surface area contributed by atoms with E-state index in [2.05, 4.69) is 5.32 Å². The van der Waals surface area contributed by atoms with Gasteiger partial charge in [-0.05, 0) is 39.8 Å². The van der Waals surface area contributed by atoms with E-state index in [4.69, 9.17) is 0 Å². The molecule has 0 aromatic heterocycles. The minimum atomic E-state index is -3.86. The first-order valence-electron chi connectivity index (χ1n) is 8.33. The van der Waals surface area contributed by atoms with Crippen LogP contribution in [0.5, 0.6) is 0 Å². The Bertz CT molecular complexity index is 723. The maximum atomic E-state index is 13.8. The summed E-state index contributed by atoms with van der Waals surface area (Å²) in [6, 6.07) is 5.03. The first kappa shape index (κ1) is 19.8. The fraction of sp³-hybridized carbons (Fsp3) is 0.588. The molecule has 1 fully saturated rings. The average Bonchev–Trinajstić information content (AvgIpc) is 2.53. The topological polar surface area (TPSA) is 69.7 Å². The smallest absolute Gasteiger partial charge is 0.246 e. The van der Waals surface area contributed by atoms with E-state index in [-0.39, 0.29) is 35.5 Å². The molecule has 0 spiro atoms. The van der Waals surface area contributed by atoms with Gasteiger partial charge in [-0.25, -0.2) is 12.8 Å². The van der Waals surface area contributed by atoms with Crippen LogP contribution in [0.3, 0.4) is 0 Å². The van der Waals surface area contributed by atoms with E-state index in [1.807, 2.05) is 32.6 Å². The van der Waals surface area contributed by atoms with Gasteiger partial charge in [-0.1, -0.05) is 12.1 Å². The Morgan fingerprint density at radius 1 is 1.16 bits per heavy atom. The molecule has 1 saturated heterocycles. The monoisotopic (exact) mass is 371 g/mol. The van der Waals surface area contributed by atoms with Crippen LogP contribution < -0.4 is 5.32 Å². The summed E-state index contributed by atoms with van der Waals surface area (Å²) in [6.07, 6.45) is 0. The lowest BCUT2D eigenvalue weighted by molar-refractivity contribution is -0.127. The van der Waals surface area contributed by atoms with Gasteiger partial charge in [0.15, 0.2) is 0 Å². The Hall–Kier alpha value is -1.51. The molecule has 1 aliphatic heterocycles. The van der Waals surface area contributed by atoms with Crippen LogP contribution in [0.4, 0.5) is 4.39 Å². The normalized spacial score (nSPS) is 18.8. The maximum absolute atomic E-state index is 13.8. The molecule has 1 heterocycles. The molecule has 1 aromatic carbocycles. The molecule has 1 aromatic rings. The van der Waals surface area contributed by atoms with E-state index < -0.39 is 15.8 Å². The van der Waals surface area contributed by atoms with Crippen molar-refractivity contribution in [1.29, 1.82) is 0 Å². The summed E-state index contributed by atoms with van der Waals surface area (Å²) in [7, 11) is -3.86. The minimum absolute atomic E-state index is 0.0853. The van der Waals surface area contributed by atoms with Gasteiger partial charge in [0.1, 0.15) is 10.7 Å². The van der Waals surface area contributed by atoms with Crippen molar-refractivity contribution in [3.63, 3.8) is 0 Å². The summed E-state index contributed by atoms with van der Waals surface area (Å²) in [4.78, 5) is 13.9. The van der Waals surface area contributed by atoms with Crippen molar-refractivity contribution in [2.24, 2.45) is 0 Å². The van der Waals surface area contributed by atoms with Gasteiger partial charge in [-0.15, -0.1) is 0 Å². The van der Waals surface area contributed by atoms with Crippen LogP contribution in [0.2, 0.25) is 0 Å². The van der Waals surface area contributed by atoms with E-state index in [9.17, 15) is 17.6 Å². The fourth-order valence-corrected chi connectivity index (χ4v) is 4.25. The highest BCUT2D eigenvalue weighted by Gasteiger charge is 2.33. The van der Waals surface area contributed by atoms with E-state index in [1.54, 1.807) is 0 Å². The Morgan fingerprint density at radius 3 is 2.24 bits per heavy atom. The molecular weight excluding hydrogens is 345 g/mol. The lowest BCUT2D eigenvalue weighted by atomic mass is 10.1. The quantitative estimate of drug-likeness (QED) is 0.869. The molecule has 1 amide bonds. The lowest BCUT2D eigenvalue weighted by Gasteiger charge is -2.37. The number of rotatable bonds is 4. The largest absolute Gasteiger partial charge is 0.350 e. The molecule has 0 aliphatic carbocycles. The number of hydrogen-bond acceptors (Lipinski definition) is 4. The summed E-state index contributed by atoms with van der Waals surface area (Å²) < 4.78 is 40.3. The van der Waals surface area contributed by atoms with Crippen LogP contribution in [0.25, 0.3) is 0 Å². The van der Waals surface area contributed by atoms with Crippen molar-refractivity contribution in [1.82, 2.24) is 14.5 Å². The van der Waals surface area contributed by atoms with Gasteiger partial charge in [0.25, 0.3) is 0 Å². The first-order chi connectivity index (χ1) is 11.5. The Balaban J connectivity index is 2.02. The second-order valence-electron chi connectivity index (χ2n) is 7.29. The van der Waals surface area contributed by atoms with E-state index >= 15 is 0 Å². The van der Waals surface area contributed by atoms with Gasteiger partial charge >= 0.3 is 0 Å². The molecule has 1 N–H and O–H groups in total. The number of sulfonamides is 1.